The van der Waals surface area contributed by atoms with E-state index >= 15 is 0 Å². The first kappa shape index (κ1) is 31.7. The van der Waals surface area contributed by atoms with Gasteiger partial charge in [0.15, 0.2) is 5.78 Å². The average molecular weight is 606 g/mol. The third kappa shape index (κ3) is 8.67. The third-order valence-electron chi connectivity index (χ3n) is 9.19. The molecule has 3 aliphatic rings. The highest BCUT2D eigenvalue weighted by Crippen LogP contribution is 2.25. The van der Waals surface area contributed by atoms with Crippen molar-refractivity contribution in [3.63, 3.8) is 0 Å². The molecular weight excluding hydrogens is 561 g/mol. The van der Waals surface area contributed by atoms with Crippen LogP contribution in [-0.2, 0) is 32.0 Å². The van der Waals surface area contributed by atoms with Crippen LogP contribution in [0.15, 0.2) is 48.5 Å². The zero-order chi connectivity index (χ0) is 30.9. The number of ether oxygens (including phenoxy) is 1. The molecule has 2 N–H and O–H groups in total. The first-order valence-corrected chi connectivity index (χ1v) is 16.2. The Balaban J connectivity index is 1.41. The molecule has 2 aromatic carbocycles. The first-order valence-electron chi connectivity index (χ1n) is 16.2. The molecule has 8 nitrogen and oxygen atoms in total. The van der Waals surface area contributed by atoms with Gasteiger partial charge in [0, 0.05) is 37.8 Å². The van der Waals surface area contributed by atoms with Gasteiger partial charge in [-0.25, -0.2) is 4.39 Å². The zero-order valence-electron chi connectivity index (χ0n) is 25.4. The Morgan fingerprint density at radius 2 is 1.73 bits per heavy atom. The predicted molar refractivity (Wildman–Crippen MR) is 164 cm³/mol. The van der Waals surface area contributed by atoms with Crippen molar-refractivity contribution in [3.8, 4) is 5.75 Å². The summed E-state index contributed by atoms with van der Waals surface area (Å²) < 4.78 is 19.5. The topological polar surface area (TPSA) is 105 Å². The van der Waals surface area contributed by atoms with Crippen molar-refractivity contribution in [1.29, 1.82) is 0 Å². The number of fused-ring (bicyclic) bond motifs is 2. The minimum Gasteiger partial charge on any atom is -0.494 e. The normalized spacial score (nSPS) is 24.2. The molecule has 0 spiro atoms. The summed E-state index contributed by atoms with van der Waals surface area (Å²) in [6.45, 7) is 0.961. The second-order valence-corrected chi connectivity index (χ2v) is 12.5. The van der Waals surface area contributed by atoms with E-state index in [2.05, 4.69) is 10.6 Å². The van der Waals surface area contributed by atoms with Crippen molar-refractivity contribution < 1.29 is 28.3 Å². The van der Waals surface area contributed by atoms with Crippen molar-refractivity contribution in [2.45, 2.75) is 102 Å². The molecule has 0 aromatic heterocycles. The lowest BCUT2D eigenvalue weighted by molar-refractivity contribution is -0.138. The zero-order valence-corrected chi connectivity index (χ0v) is 25.4. The van der Waals surface area contributed by atoms with Crippen LogP contribution in [0.3, 0.4) is 0 Å². The Bertz CT molecular complexity index is 1310. The summed E-state index contributed by atoms with van der Waals surface area (Å²) >= 11 is 0. The van der Waals surface area contributed by atoms with Gasteiger partial charge in [-0.3, -0.25) is 19.2 Å². The van der Waals surface area contributed by atoms with Gasteiger partial charge in [0.1, 0.15) is 17.6 Å². The Hall–Kier alpha value is -3.75. The molecular formula is C35H44FN3O5. The van der Waals surface area contributed by atoms with Gasteiger partial charge in [-0.15, -0.1) is 0 Å². The molecule has 3 atom stereocenters. The quantitative estimate of drug-likeness (QED) is 0.498. The molecule has 2 fully saturated rings. The van der Waals surface area contributed by atoms with Gasteiger partial charge in [0.25, 0.3) is 0 Å². The van der Waals surface area contributed by atoms with Gasteiger partial charge in [0.05, 0.1) is 12.6 Å². The second-order valence-electron chi connectivity index (χ2n) is 12.5. The molecule has 2 heterocycles. The molecule has 236 valence electrons. The maximum absolute atomic E-state index is 14.1. The molecule has 9 heteroatoms. The number of nitrogens with zero attached hydrogens (tertiary/aromatic N) is 1. The summed E-state index contributed by atoms with van der Waals surface area (Å²) in [7, 11) is 0. The summed E-state index contributed by atoms with van der Waals surface area (Å²) in [5.74, 6) is -1.11. The number of rotatable bonds is 6. The Labute approximate surface area is 259 Å². The number of hydrogen-bond donors (Lipinski definition) is 2. The van der Waals surface area contributed by atoms with Gasteiger partial charge in [0.2, 0.25) is 17.7 Å². The number of carbonyl (C=O) groups excluding carboxylic acids is 4. The maximum atomic E-state index is 14.1. The Morgan fingerprint density at radius 3 is 2.48 bits per heavy atom. The molecule has 2 aliphatic heterocycles. The SMILES string of the molecule is O=C1N[C@H](C(=O)NC2CCCC2)CCCCOc2cccc(c2)C[C@H](N2CCCC2=O)C(=O)C[C@H]1CCc1ccc(F)cc1. The van der Waals surface area contributed by atoms with E-state index in [1.807, 2.05) is 24.3 Å². The lowest BCUT2D eigenvalue weighted by Gasteiger charge is -2.29. The van der Waals surface area contributed by atoms with E-state index in [-0.39, 0.29) is 41.8 Å². The fourth-order valence-corrected chi connectivity index (χ4v) is 6.65. The number of likely N-dealkylation sites (tertiary alicyclic amines) is 1. The van der Waals surface area contributed by atoms with Gasteiger partial charge in [-0.1, -0.05) is 37.1 Å². The minimum atomic E-state index is -0.723. The van der Waals surface area contributed by atoms with E-state index in [9.17, 15) is 23.6 Å². The van der Waals surface area contributed by atoms with Gasteiger partial charge in [-0.2, -0.15) is 0 Å². The number of carbonyl (C=O) groups is 4. The summed E-state index contributed by atoms with van der Waals surface area (Å²) in [5, 5.41) is 6.13. The smallest absolute Gasteiger partial charge is 0.242 e. The predicted octanol–water partition coefficient (Wildman–Crippen LogP) is 4.67. The van der Waals surface area contributed by atoms with Gasteiger partial charge < -0.3 is 20.3 Å². The van der Waals surface area contributed by atoms with Crippen molar-refractivity contribution >= 4 is 23.5 Å². The third-order valence-corrected chi connectivity index (χ3v) is 9.19. The highest BCUT2D eigenvalue weighted by atomic mass is 19.1. The van der Waals surface area contributed by atoms with E-state index in [0.29, 0.717) is 70.3 Å². The van der Waals surface area contributed by atoms with Crippen LogP contribution in [0.25, 0.3) is 0 Å². The van der Waals surface area contributed by atoms with Crippen molar-refractivity contribution in [1.82, 2.24) is 15.5 Å². The van der Waals surface area contributed by atoms with E-state index in [1.165, 1.54) is 12.1 Å². The van der Waals surface area contributed by atoms with Crippen LogP contribution in [0.1, 0.15) is 81.8 Å². The average Bonchev–Trinajstić information content (AvgIpc) is 3.69. The summed E-state index contributed by atoms with van der Waals surface area (Å²) in [5.41, 5.74) is 1.75. The van der Waals surface area contributed by atoms with E-state index < -0.39 is 18.0 Å². The molecule has 2 aromatic rings. The van der Waals surface area contributed by atoms with Crippen molar-refractivity contribution in [2.24, 2.45) is 5.92 Å². The molecule has 0 radical (unpaired) electrons. The van der Waals surface area contributed by atoms with Crippen LogP contribution in [0.2, 0.25) is 0 Å². The van der Waals surface area contributed by atoms with Crippen LogP contribution >= 0.6 is 0 Å². The lowest BCUT2D eigenvalue weighted by Crippen LogP contribution is -2.51. The van der Waals surface area contributed by atoms with Crippen LogP contribution in [-0.4, -0.2) is 59.7 Å². The van der Waals surface area contributed by atoms with Crippen LogP contribution in [0.5, 0.6) is 5.75 Å². The highest BCUT2D eigenvalue weighted by molar-refractivity contribution is 5.94. The van der Waals surface area contributed by atoms with Gasteiger partial charge in [-0.05, 0) is 86.8 Å². The van der Waals surface area contributed by atoms with E-state index in [1.54, 1.807) is 17.0 Å². The van der Waals surface area contributed by atoms with Crippen molar-refractivity contribution in [3.05, 3.63) is 65.5 Å². The molecule has 0 unspecified atom stereocenters. The lowest BCUT2D eigenvalue weighted by atomic mass is 9.89. The summed E-state index contributed by atoms with van der Waals surface area (Å²) in [6.07, 6.45) is 8.07. The number of benzene rings is 2. The first-order chi connectivity index (χ1) is 21.4. The highest BCUT2D eigenvalue weighted by Gasteiger charge is 2.36. The number of ketones is 1. The molecule has 1 aliphatic carbocycles. The molecule has 1 saturated heterocycles. The van der Waals surface area contributed by atoms with Crippen LogP contribution in [0, 0.1) is 11.7 Å². The van der Waals surface area contributed by atoms with E-state index in [0.717, 1.165) is 36.8 Å². The molecule has 3 amide bonds. The molecule has 5 rings (SSSR count). The summed E-state index contributed by atoms with van der Waals surface area (Å²) in [6, 6.07) is 12.5. The monoisotopic (exact) mass is 605 g/mol. The Morgan fingerprint density at radius 1 is 0.955 bits per heavy atom. The van der Waals surface area contributed by atoms with Crippen LogP contribution < -0.4 is 15.4 Å². The number of amides is 3. The van der Waals surface area contributed by atoms with Crippen molar-refractivity contribution in [2.75, 3.05) is 13.2 Å². The molecule has 2 bridgehead atoms. The molecule has 1 saturated carbocycles. The number of Topliss-reactive ketones (excluding diaryl/α,β-unsaturated/α-hetero) is 1. The largest absolute Gasteiger partial charge is 0.494 e. The fourth-order valence-electron chi connectivity index (χ4n) is 6.65. The summed E-state index contributed by atoms with van der Waals surface area (Å²) in [4.78, 5) is 55.9. The number of aryl methyl sites for hydroxylation is 1. The number of hydrogen-bond acceptors (Lipinski definition) is 5. The minimum absolute atomic E-state index is 0.0545. The van der Waals surface area contributed by atoms with Gasteiger partial charge >= 0.3 is 0 Å². The van der Waals surface area contributed by atoms with E-state index in [4.69, 9.17) is 4.74 Å². The number of halogens is 1. The second kappa shape index (κ2) is 15.3. The maximum Gasteiger partial charge on any atom is 0.242 e. The standard InChI is InChI=1S/C35H44FN3O5/c36-27-17-14-24(15-18-27)13-16-26-23-32(40)31(39-19-6-12-33(39)41)22-25-7-5-10-29(21-25)44-20-4-3-11-30(38-34(26)42)35(43)37-28-8-1-2-9-28/h5,7,10,14-15,17-18,21,26,28,30-31H,1-4,6,8-9,11-13,16,19-20,22-23H2,(H,37,43)(H,38,42)/t26-,30+,31+/m1/s1. The Kier molecular flexibility index (Phi) is 11.0. The fraction of sp³-hybridized carbons (Fsp3) is 0.543. The van der Waals surface area contributed by atoms with Crippen LogP contribution in [0.4, 0.5) is 4.39 Å². The number of nitrogens with one attached hydrogen (secondary N) is 2. The molecule has 44 heavy (non-hydrogen) atoms.